The summed E-state index contributed by atoms with van der Waals surface area (Å²) in [5.41, 5.74) is 5.30. The second kappa shape index (κ2) is 7.53. The van der Waals surface area contributed by atoms with Crippen molar-refractivity contribution in [3.63, 3.8) is 0 Å². The summed E-state index contributed by atoms with van der Waals surface area (Å²) in [7, 11) is 0. The van der Waals surface area contributed by atoms with Crippen molar-refractivity contribution in [3.05, 3.63) is 65.5 Å². The number of carbonyl (C=O) groups is 1. The Balaban J connectivity index is 1.68. The summed E-state index contributed by atoms with van der Waals surface area (Å²) in [4.78, 5) is 12.2. The van der Waals surface area contributed by atoms with Crippen molar-refractivity contribution in [1.29, 1.82) is 0 Å². The Morgan fingerprint density at radius 3 is 2.68 bits per heavy atom. The van der Waals surface area contributed by atoms with Crippen molar-refractivity contribution < 1.29 is 4.79 Å². The van der Waals surface area contributed by atoms with Gasteiger partial charge in [0.15, 0.2) is 5.16 Å². The largest absolute Gasteiger partial charge is 0.325 e. The summed E-state index contributed by atoms with van der Waals surface area (Å²) < 4.78 is 1.92. The fourth-order valence-corrected chi connectivity index (χ4v) is 3.34. The molecule has 0 fully saturated rings. The van der Waals surface area contributed by atoms with Crippen LogP contribution in [0.15, 0.2) is 53.9 Å². The molecule has 3 rings (SSSR count). The van der Waals surface area contributed by atoms with Crippen molar-refractivity contribution >= 4 is 23.4 Å². The average molecular weight is 352 g/mol. The van der Waals surface area contributed by atoms with E-state index < -0.39 is 0 Å². The van der Waals surface area contributed by atoms with E-state index in [4.69, 9.17) is 0 Å². The zero-order valence-electron chi connectivity index (χ0n) is 14.5. The quantitative estimate of drug-likeness (QED) is 0.707. The highest BCUT2D eigenvalue weighted by Crippen LogP contribution is 2.23. The Morgan fingerprint density at radius 2 is 1.92 bits per heavy atom. The first kappa shape index (κ1) is 17.2. The summed E-state index contributed by atoms with van der Waals surface area (Å²) in [5.74, 6) is 0.211. The number of nitrogens with zero attached hydrogens (tertiary/aromatic N) is 3. The van der Waals surface area contributed by atoms with Crippen LogP contribution >= 0.6 is 11.8 Å². The molecule has 0 aliphatic heterocycles. The van der Waals surface area contributed by atoms with Crippen LogP contribution in [-0.4, -0.2) is 26.4 Å². The van der Waals surface area contributed by atoms with Crippen LogP contribution < -0.4 is 5.32 Å². The van der Waals surface area contributed by atoms with Crippen molar-refractivity contribution in [2.24, 2.45) is 0 Å². The molecule has 0 bridgehead atoms. The number of rotatable bonds is 5. The minimum atomic E-state index is -0.0641. The van der Waals surface area contributed by atoms with E-state index in [9.17, 15) is 4.79 Å². The normalized spacial score (nSPS) is 10.7. The highest BCUT2D eigenvalue weighted by molar-refractivity contribution is 7.99. The second-order valence-electron chi connectivity index (χ2n) is 5.98. The number of nitrogens with one attached hydrogen (secondary N) is 1. The van der Waals surface area contributed by atoms with Crippen molar-refractivity contribution in [2.75, 3.05) is 11.1 Å². The van der Waals surface area contributed by atoms with E-state index in [1.54, 1.807) is 6.33 Å². The van der Waals surface area contributed by atoms with Crippen LogP contribution in [0.25, 0.3) is 5.69 Å². The van der Waals surface area contributed by atoms with Crippen molar-refractivity contribution in [2.45, 2.75) is 25.9 Å². The van der Waals surface area contributed by atoms with Gasteiger partial charge in [-0.2, -0.15) is 0 Å². The van der Waals surface area contributed by atoms with Crippen LogP contribution in [0.1, 0.15) is 16.7 Å². The van der Waals surface area contributed by atoms with E-state index in [1.807, 2.05) is 41.8 Å². The standard InChI is InChI=1S/C19H20N4OS/c1-13-5-4-6-16(10-13)21-18(24)11-25-19-22-20-12-23(19)17-8-7-14(2)9-15(17)3/h4-10,12H,11H2,1-3H3,(H,21,24). The molecule has 1 aromatic heterocycles. The molecular weight excluding hydrogens is 332 g/mol. The van der Waals surface area contributed by atoms with Gasteiger partial charge in [0.2, 0.25) is 5.91 Å². The molecule has 5 nitrogen and oxygen atoms in total. The van der Waals surface area contributed by atoms with Crippen LogP contribution in [0.4, 0.5) is 5.69 Å². The van der Waals surface area contributed by atoms with Gasteiger partial charge in [0.1, 0.15) is 6.33 Å². The number of carbonyl (C=O) groups excluding carboxylic acids is 1. The molecule has 0 radical (unpaired) electrons. The molecule has 0 spiro atoms. The zero-order chi connectivity index (χ0) is 17.8. The average Bonchev–Trinajstić information content (AvgIpc) is 3.01. The highest BCUT2D eigenvalue weighted by Gasteiger charge is 2.12. The molecule has 1 heterocycles. The van der Waals surface area contributed by atoms with Gasteiger partial charge in [0, 0.05) is 5.69 Å². The van der Waals surface area contributed by atoms with Gasteiger partial charge >= 0.3 is 0 Å². The summed E-state index contributed by atoms with van der Waals surface area (Å²) in [6, 6.07) is 14.0. The first-order valence-corrected chi connectivity index (χ1v) is 8.98. The molecule has 1 amide bonds. The maximum atomic E-state index is 12.2. The molecule has 2 aromatic carbocycles. The Hall–Kier alpha value is -2.60. The maximum Gasteiger partial charge on any atom is 0.234 e. The summed E-state index contributed by atoms with van der Waals surface area (Å²) in [5, 5.41) is 11.7. The predicted octanol–water partition coefficient (Wildman–Crippen LogP) is 3.92. The van der Waals surface area contributed by atoms with Crippen LogP contribution in [-0.2, 0) is 4.79 Å². The Morgan fingerprint density at radius 1 is 1.12 bits per heavy atom. The van der Waals surface area contributed by atoms with E-state index in [2.05, 4.69) is 41.5 Å². The third-order valence-corrected chi connectivity index (χ3v) is 4.71. The predicted molar refractivity (Wildman–Crippen MR) is 101 cm³/mol. The first-order valence-electron chi connectivity index (χ1n) is 8.00. The third-order valence-electron chi connectivity index (χ3n) is 3.76. The van der Waals surface area contributed by atoms with Gasteiger partial charge in [-0.15, -0.1) is 10.2 Å². The second-order valence-corrected chi connectivity index (χ2v) is 6.92. The SMILES string of the molecule is Cc1cccc(NC(=O)CSc2nncn2-c2ccc(C)cc2C)c1. The van der Waals surface area contributed by atoms with E-state index in [0.29, 0.717) is 5.16 Å². The smallest absolute Gasteiger partial charge is 0.234 e. The molecular formula is C19H20N4OS. The summed E-state index contributed by atoms with van der Waals surface area (Å²) in [6.45, 7) is 6.12. The van der Waals surface area contributed by atoms with Gasteiger partial charge in [-0.05, 0) is 50.1 Å². The van der Waals surface area contributed by atoms with E-state index in [0.717, 1.165) is 22.5 Å². The van der Waals surface area contributed by atoms with Gasteiger partial charge in [-0.1, -0.05) is 41.6 Å². The number of thioether (sulfide) groups is 1. The Bertz CT molecular complexity index is 904. The van der Waals surface area contributed by atoms with Crippen molar-refractivity contribution in [1.82, 2.24) is 14.8 Å². The number of hydrogen-bond donors (Lipinski definition) is 1. The van der Waals surface area contributed by atoms with Gasteiger partial charge in [-0.25, -0.2) is 0 Å². The lowest BCUT2D eigenvalue weighted by molar-refractivity contribution is -0.113. The fourth-order valence-electron chi connectivity index (χ4n) is 2.61. The van der Waals surface area contributed by atoms with Crippen LogP contribution in [0, 0.1) is 20.8 Å². The molecule has 3 aromatic rings. The van der Waals surface area contributed by atoms with E-state index in [1.165, 1.54) is 17.3 Å². The van der Waals surface area contributed by atoms with Gasteiger partial charge in [-0.3, -0.25) is 9.36 Å². The van der Waals surface area contributed by atoms with E-state index >= 15 is 0 Å². The molecule has 25 heavy (non-hydrogen) atoms. The molecule has 0 aliphatic rings. The fraction of sp³-hybridized carbons (Fsp3) is 0.211. The highest BCUT2D eigenvalue weighted by atomic mass is 32.2. The van der Waals surface area contributed by atoms with Crippen LogP contribution in [0.5, 0.6) is 0 Å². The summed E-state index contributed by atoms with van der Waals surface area (Å²) >= 11 is 1.37. The third kappa shape index (κ3) is 4.28. The molecule has 0 unspecified atom stereocenters. The number of benzene rings is 2. The first-order chi connectivity index (χ1) is 12.0. The molecule has 0 atom stereocenters. The number of anilines is 1. The lowest BCUT2D eigenvalue weighted by Gasteiger charge is -2.10. The van der Waals surface area contributed by atoms with Gasteiger partial charge in [0.25, 0.3) is 0 Å². The van der Waals surface area contributed by atoms with Crippen LogP contribution in [0.3, 0.4) is 0 Å². The number of amides is 1. The van der Waals surface area contributed by atoms with Gasteiger partial charge < -0.3 is 5.32 Å². The molecule has 0 aliphatic carbocycles. The van der Waals surface area contributed by atoms with Crippen LogP contribution in [0.2, 0.25) is 0 Å². The zero-order valence-corrected chi connectivity index (χ0v) is 15.3. The number of hydrogen-bond acceptors (Lipinski definition) is 4. The molecule has 0 saturated heterocycles. The van der Waals surface area contributed by atoms with Gasteiger partial charge in [0.05, 0.1) is 11.4 Å². The number of aromatic nitrogens is 3. The minimum absolute atomic E-state index is 0.0641. The topological polar surface area (TPSA) is 59.8 Å². The lowest BCUT2D eigenvalue weighted by Crippen LogP contribution is -2.14. The lowest BCUT2D eigenvalue weighted by atomic mass is 10.1. The molecule has 0 saturated carbocycles. The summed E-state index contributed by atoms with van der Waals surface area (Å²) in [6.07, 6.45) is 1.68. The molecule has 6 heteroatoms. The monoisotopic (exact) mass is 352 g/mol. The number of aryl methyl sites for hydroxylation is 3. The maximum absolute atomic E-state index is 12.2. The molecule has 128 valence electrons. The Kier molecular flexibility index (Phi) is 5.19. The van der Waals surface area contributed by atoms with Crippen molar-refractivity contribution in [3.8, 4) is 5.69 Å². The molecule has 1 N–H and O–H groups in total. The minimum Gasteiger partial charge on any atom is -0.325 e. The Labute approximate surface area is 151 Å². The van der Waals surface area contributed by atoms with E-state index in [-0.39, 0.29) is 11.7 Å².